The second-order valence-electron chi connectivity index (χ2n) is 7.54. The summed E-state index contributed by atoms with van der Waals surface area (Å²) >= 11 is 0. The van der Waals surface area contributed by atoms with Crippen molar-refractivity contribution in [3.05, 3.63) is 0 Å². The molecule has 0 aromatic rings. The molecule has 126 valence electrons. The maximum atomic E-state index is 12.6. The van der Waals surface area contributed by atoms with E-state index in [1.807, 2.05) is 0 Å². The molecule has 0 saturated carbocycles. The van der Waals surface area contributed by atoms with E-state index in [2.05, 4.69) is 4.90 Å². The number of ether oxygens (including phenoxy) is 1. The lowest BCUT2D eigenvalue weighted by Crippen LogP contribution is -2.41. The van der Waals surface area contributed by atoms with Crippen molar-refractivity contribution in [2.45, 2.75) is 50.7 Å². The molecule has 4 atom stereocenters. The van der Waals surface area contributed by atoms with Gasteiger partial charge in [0.1, 0.15) is 0 Å². The Labute approximate surface area is 134 Å². The minimum atomic E-state index is -3.09. The van der Waals surface area contributed by atoms with Gasteiger partial charge < -0.3 is 4.74 Å². The molecule has 4 unspecified atom stereocenters. The molecule has 22 heavy (non-hydrogen) atoms. The van der Waals surface area contributed by atoms with E-state index in [0.717, 1.165) is 39.1 Å². The normalized spacial score (nSPS) is 40.0. The van der Waals surface area contributed by atoms with Gasteiger partial charge in [0.25, 0.3) is 0 Å². The van der Waals surface area contributed by atoms with E-state index in [1.165, 1.54) is 25.8 Å². The minimum Gasteiger partial charge on any atom is -0.378 e. The van der Waals surface area contributed by atoms with E-state index in [-0.39, 0.29) is 11.9 Å². The summed E-state index contributed by atoms with van der Waals surface area (Å²) < 4.78 is 32.6. The van der Waals surface area contributed by atoms with Crippen LogP contribution in [0.2, 0.25) is 0 Å². The predicted molar refractivity (Wildman–Crippen MR) is 85.1 cm³/mol. The molecule has 0 amide bonds. The highest BCUT2D eigenvalue weighted by Crippen LogP contribution is 2.41. The zero-order valence-corrected chi connectivity index (χ0v) is 14.1. The molecule has 0 N–H and O–H groups in total. The van der Waals surface area contributed by atoms with Crippen LogP contribution in [0.4, 0.5) is 0 Å². The third-order valence-electron chi connectivity index (χ3n) is 6.20. The third-order valence-corrected chi connectivity index (χ3v) is 8.04. The SMILES string of the molecule is O=S(=O)(CCC1CCCO1)N1CC2CN3CCCCC3C2C1. The monoisotopic (exact) mass is 328 g/mol. The van der Waals surface area contributed by atoms with E-state index >= 15 is 0 Å². The van der Waals surface area contributed by atoms with Crippen molar-refractivity contribution in [1.29, 1.82) is 0 Å². The molecular formula is C16H28N2O3S. The first-order valence-electron chi connectivity index (χ1n) is 8.97. The van der Waals surface area contributed by atoms with Crippen molar-refractivity contribution in [2.75, 3.05) is 38.5 Å². The number of sulfonamides is 1. The molecule has 0 radical (unpaired) electrons. The highest BCUT2D eigenvalue weighted by molar-refractivity contribution is 7.89. The van der Waals surface area contributed by atoms with E-state index in [4.69, 9.17) is 4.74 Å². The fourth-order valence-electron chi connectivity index (χ4n) is 5.02. The van der Waals surface area contributed by atoms with E-state index < -0.39 is 10.0 Å². The number of fused-ring (bicyclic) bond motifs is 3. The average molecular weight is 328 g/mol. The smallest absolute Gasteiger partial charge is 0.214 e. The first kappa shape index (κ1) is 15.4. The Morgan fingerprint density at radius 3 is 2.77 bits per heavy atom. The summed E-state index contributed by atoms with van der Waals surface area (Å²) in [4.78, 5) is 2.62. The van der Waals surface area contributed by atoms with Gasteiger partial charge in [0, 0.05) is 32.3 Å². The van der Waals surface area contributed by atoms with Crippen LogP contribution in [0.15, 0.2) is 0 Å². The third kappa shape index (κ3) is 2.83. The van der Waals surface area contributed by atoms with Gasteiger partial charge in [0.2, 0.25) is 10.0 Å². The Kier molecular flexibility index (Phi) is 4.22. The van der Waals surface area contributed by atoms with Crippen LogP contribution in [0.3, 0.4) is 0 Å². The molecule has 0 spiro atoms. The van der Waals surface area contributed by atoms with Gasteiger partial charge in [-0.2, -0.15) is 0 Å². The average Bonchev–Trinajstić information content (AvgIpc) is 3.21. The summed E-state index contributed by atoms with van der Waals surface area (Å²) in [5.41, 5.74) is 0. The molecule has 0 bridgehead atoms. The summed E-state index contributed by atoms with van der Waals surface area (Å²) in [5, 5.41) is 0. The molecule has 4 aliphatic heterocycles. The standard InChI is InChI=1S/C16H28N2O3S/c19-22(20,9-6-14-4-3-8-21-14)18-11-13-10-17-7-2-1-5-16(17)15(13)12-18/h13-16H,1-12H2. The molecule has 0 aromatic carbocycles. The van der Waals surface area contributed by atoms with Gasteiger partial charge in [0.15, 0.2) is 0 Å². The van der Waals surface area contributed by atoms with Gasteiger partial charge in [-0.15, -0.1) is 0 Å². The molecule has 4 fully saturated rings. The summed E-state index contributed by atoms with van der Waals surface area (Å²) in [6.07, 6.45) is 6.85. The Morgan fingerprint density at radius 1 is 1.05 bits per heavy atom. The van der Waals surface area contributed by atoms with Crippen molar-refractivity contribution in [1.82, 2.24) is 9.21 Å². The van der Waals surface area contributed by atoms with Gasteiger partial charge >= 0.3 is 0 Å². The molecule has 4 aliphatic rings. The van der Waals surface area contributed by atoms with Gasteiger partial charge in [-0.05, 0) is 50.5 Å². The van der Waals surface area contributed by atoms with Crippen molar-refractivity contribution in [2.24, 2.45) is 11.8 Å². The number of piperidine rings is 1. The first-order valence-corrected chi connectivity index (χ1v) is 10.6. The fraction of sp³-hybridized carbons (Fsp3) is 1.00. The quantitative estimate of drug-likeness (QED) is 0.781. The highest BCUT2D eigenvalue weighted by Gasteiger charge is 2.49. The van der Waals surface area contributed by atoms with E-state index in [9.17, 15) is 8.42 Å². The number of nitrogens with zero attached hydrogens (tertiary/aromatic N) is 2. The zero-order chi connectivity index (χ0) is 15.2. The lowest BCUT2D eigenvalue weighted by atomic mass is 9.90. The first-order chi connectivity index (χ1) is 10.6. The number of hydrogen-bond donors (Lipinski definition) is 0. The molecular weight excluding hydrogens is 300 g/mol. The predicted octanol–water partition coefficient (Wildman–Crippen LogP) is 1.30. The van der Waals surface area contributed by atoms with Crippen molar-refractivity contribution >= 4 is 10.0 Å². The van der Waals surface area contributed by atoms with E-state index in [1.54, 1.807) is 4.31 Å². The molecule has 4 saturated heterocycles. The molecule has 4 heterocycles. The van der Waals surface area contributed by atoms with Crippen LogP contribution >= 0.6 is 0 Å². The molecule has 0 aliphatic carbocycles. The van der Waals surface area contributed by atoms with Crippen LogP contribution in [-0.2, 0) is 14.8 Å². The van der Waals surface area contributed by atoms with Crippen LogP contribution in [0, 0.1) is 11.8 Å². The molecule has 4 rings (SSSR count). The summed E-state index contributed by atoms with van der Waals surface area (Å²) in [5.74, 6) is 1.42. The van der Waals surface area contributed by atoms with Crippen molar-refractivity contribution in [3.63, 3.8) is 0 Å². The minimum absolute atomic E-state index is 0.172. The summed E-state index contributed by atoms with van der Waals surface area (Å²) in [6, 6.07) is 0.650. The Balaban J connectivity index is 1.36. The van der Waals surface area contributed by atoms with Gasteiger partial charge in [-0.25, -0.2) is 12.7 Å². The van der Waals surface area contributed by atoms with Crippen molar-refractivity contribution < 1.29 is 13.2 Å². The molecule has 6 heteroatoms. The van der Waals surface area contributed by atoms with Crippen LogP contribution in [0.5, 0.6) is 0 Å². The van der Waals surface area contributed by atoms with Crippen LogP contribution in [-0.4, -0.2) is 68.3 Å². The maximum Gasteiger partial charge on any atom is 0.214 e. The van der Waals surface area contributed by atoms with Gasteiger partial charge in [-0.1, -0.05) is 6.42 Å². The van der Waals surface area contributed by atoms with Crippen LogP contribution in [0.1, 0.15) is 38.5 Å². The van der Waals surface area contributed by atoms with Gasteiger partial charge in [0.05, 0.1) is 11.9 Å². The van der Waals surface area contributed by atoms with Crippen LogP contribution in [0.25, 0.3) is 0 Å². The molecule has 0 aromatic heterocycles. The second-order valence-corrected chi connectivity index (χ2v) is 9.63. The Morgan fingerprint density at radius 2 is 1.95 bits per heavy atom. The summed E-state index contributed by atoms with van der Waals surface area (Å²) in [6.45, 7) is 4.66. The zero-order valence-electron chi connectivity index (χ0n) is 13.3. The lowest BCUT2D eigenvalue weighted by Gasteiger charge is -2.33. The Bertz CT molecular complexity index is 504. The van der Waals surface area contributed by atoms with Crippen LogP contribution < -0.4 is 0 Å². The van der Waals surface area contributed by atoms with E-state index in [0.29, 0.717) is 24.3 Å². The maximum absolute atomic E-state index is 12.6. The number of rotatable bonds is 4. The lowest BCUT2D eigenvalue weighted by molar-refractivity contribution is 0.108. The number of hydrogen-bond acceptors (Lipinski definition) is 4. The van der Waals surface area contributed by atoms with Gasteiger partial charge in [-0.3, -0.25) is 4.90 Å². The summed E-state index contributed by atoms with van der Waals surface area (Å²) in [7, 11) is -3.09. The molecule has 5 nitrogen and oxygen atoms in total. The highest BCUT2D eigenvalue weighted by atomic mass is 32.2. The largest absolute Gasteiger partial charge is 0.378 e. The van der Waals surface area contributed by atoms with Crippen molar-refractivity contribution in [3.8, 4) is 0 Å². The fourth-order valence-corrected chi connectivity index (χ4v) is 6.66. The second kappa shape index (κ2) is 6.04. The topological polar surface area (TPSA) is 49.9 Å². The Hall–Kier alpha value is -0.170.